The Hall–Kier alpha value is -1.59. The Morgan fingerprint density at radius 2 is 1.83 bits per heavy atom. The molecule has 1 aromatic rings. The summed E-state index contributed by atoms with van der Waals surface area (Å²) in [6.45, 7) is 2.31. The van der Waals surface area contributed by atoms with E-state index in [0.29, 0.717) is 31.1 Å². The van der Waals surface area contributed by atoms with Crippen LogP contribution in [0.15, 0.2) is 18.2 Å². The highest BCUT2D eigenvalue weighted by atomic mass is 16.6. The van der Waals surface area contributed by atoms with Gasteiger partial charge in [0, 0.05) is 17.6 Å². The summed E-state index contributed by atoms with van der Waals surface area (Å²) in [5, 5.41) is 3.39. The van der Waals surface area contributed by atoms with Crippen molar-refractivity contribution in [3.8, 4) is 11.5 Å². The Kier molecular flexibility index (Phi) is 5.41. The van der Waals surface area contributed by atoms with Crippen molar-refractivity contribution in [3.63, 3.8) is 0 Å². The molecule has 1 saturated carbocycles. The van der Waals surface area contributed by atoms with Gasteiger partial charge in [-0.25, -0.2) is 0 Å². The molecular weight excluding hydrogens is 304 g/mol. The van der Waals surface area contributed by atoms with Crippen LogP contribution >= 0.6 is 0 Å². The predicted octanol–water partition coefficient (Wildman–Crippen LogP) is 2.49. The number of ether oxygens (including phenoxy) is 2. The lowest BCUT2D eigenvalue weighted by molar-refractivity contribution is 0.0905. The summed E-state index contributed by atoms with van der Waals surface area (Å²) >= 11 is 0. The van der Waals surface area contributed by atoms with E-state index in [0.717, 1.165) is 12.3 Å². The summed E-state index contributed by atoms with van der Waals surface area (Å²) in [5.74, 6) is 1.49. The lowest BCUT2D eigenvalue weighted by Crippen LogP contribution is -2.53. The molecule has 2 aliphatic rings. The molecule has 0 radical (unpaired) electrons. The molecule has 5 heteroatoms. The van der Waals surface area contributed by atoms with Gasteiger partial charge in [-0.3, -0.25) is 4.79 Å². The number of rotatable bonds is 6. The highest BCUT2D eigenvalue weighted by Gasteiger charge is 2.33. The van der Waals surface area contributed by atoms with Crippen LogP contribution in [0.5, 0.6) is 11.5 Å². The van der Waals surface area contributed by atoms with Crippen LogP contribution in [-0.4, -0.2) is 56.6 Å². The minimum atomic E-state index is 0.0942. The molecular formula is C19H28N2O3. The van der Waals surface area contributed by atoms with E-state index in [-0.39, 0.29) is 11.3 Å². The topological polar surface area (TPSA) is 50.8 Å². The zero-order chi connectivity index (χ0) is 17.0. The van der Waals surface area contributed by atoms with Crippen molar-refractivity contribution < 1.29 is 14.3 Å². The molecule has 0 aromatic heterocycles. The van der Waals surface area contributed by atoms with Crippen molar-refractivity contribution >= 4 is 5.78 Å². The summed E-state index contributed by atoms with van der Waals surface area (Å²) in [5.41, 5.74) is 0.861. The van der Waals surface area contributed by atoms with E-state index in [1.165, 1.54) is 32.1 Å². The Balaban J connectivity index is 1.57. The third kappa shape index (κ3) is 3.73. The van der Waals surface area contributed by atoms with Gasteiger partial charge < -0.3 is 19.7 Å². The molecule has 1 aliphatic carbocycles. The van der Waals surface area contributed by atoms with Gasteiger partial charge in [-0.2, -0.15) is 0 Å². The third-order valence-corrected chi connectivity index (χ3v) is 5.34. The number of benzene rings is 1. The number of carbonyl (C=O) groups is 1. The molecule has 0 amide bonds. The summed E-state index contributed by atoms with van der Waals surface area (Å²) < 4.78 is 11.1. The Labute approximate surface area is 144 Å². The average molecular weight is 332 g/mol. The quantitative estimate of drug-likeness (QED) is 0.811. The predicted molar refractivity (Wildman–Crippen MR) is 94.1 cm³/mol. The number of Topliss-reactive ketones (excluding diaryl/α,β-unsaturated/α-hetero) is 1. The first-order chi connectivity index (χ1) is 11.6. The zero-order valence-electron chi connectivity index (χ0n) is 14.8. The number of fused-ring (bicyclic) bond motifs is 1. The van der Waals surface area contributed by atoms with E-state index in [4.69, 9.17) is 9.47 Å². The minimum absolute atomic E-state index is 0.0942. The molecule has 1 heterocycles. The molecule has 0 bridgehead atoms. The summed E-state index contributed by atoms with van der Waals surface area (Å²) in [6.07, 6.45) is 6.27. The van der Waals surface area contributed by atoms with Gasteiger partial charge in [0.15, 0.2) is 17.3 Å². The van der Waals surface area contributed by atoms with Crippen LogP contribution in [0.1, 0.15) is 42.5 Å². The fourth-order valence-corrected chi connectivity index (χ4v) is 3.72. The largest absolute Gasteiger partial charge is 0.486 e. The van der Waals surface area contributed by atoms with Crippen LogP contribution in [0.2, 0.25) is 0 Å². The fraction of sp³-hybridized carbons (Fsp3) is 0.632. The Bertz CT molecular complexity index is 580. The molecule has 132 valence electrons. The van der Waals surface area contributed by atoms with E-state index < -0.39 is 0 Å². The van der Waals surface area contributed by atoms with E-state index in [2.05, 4.69) is 24.3 Å². The maximum Gasteiger partial charge on any atom is 0.176 e. The molecule has 0 atom stereocenters. The maximum atomic E-state index is 12.5. The van der Waals surface area contributed by atoms with Crippen LogP contribution < -0.4 is 14.8 Å². The van der Waals surface area contributed by atoms with E-state index in [1.807, 2.05) is 12.1 Å². The summed E-state index contributed by atoms with van der Waals surface area (Å²) in [7, 11) is 4.30. The van der Waals surface area contributed by atoms with E-state index in [1.54, 1.807) is 6.07 Å². The lowest BCUT2D eigenvalue weighted by atomic mass is 9.80. The molecule has 1 aliphatic heterocycles. The molecule has 1 aromatic carbocycles. The molecule has 0 spiro atoms. The molecule has 1 N–H and O–H groups in total. The van der Waals surface area contributed by atoms with Crippen LogP contribution in [-0.2, 0) is 0 Å². The SMILES string of the molecule is CN(C)C1(CNCC(=O)c2ccc3c(c2)OCCO3)CCCCC1. The molecule has 3 rings (SSSR count). The number of carbonyl (C=O) groups excluding carboxylic acids is 1. The maximum absolute atomic E-state index is 12.5. The zero-order valence-corrected chi connectivity index (χ0v) is 14.8. The van der Waals surface area contributed by atoms with Gasteiger partial charge in [-0.05, 0) is 45.1 Å². The van der Waals surface area contributed by atoms with Crippen molar-refractivity contribution in [2.24, 2.45) is 0 Å². The normalized spacial score (nSPS) is 19.3. The third-order valence-electron chi connectivity index (χ3n) is 5.34. The van der Waals surface area contributed by atoms with Gasteiger partial charge in [0.25, 0.3) is 0 Å². The van der Waals surface area contributed by atoms with Crippen LogP contribution in [0.4, 0.5) is 0 Å². The van der Waals surface area contributed by atoms with Crippen molar-refractivity contribution in [1.29, 1.82) is 0 Å². The van der Waals surface area contributed by atoms with Gasteiger partial charge in [-0.1, -0.05) is 19.3 Å². The number of hydrogen-bond donors (Lipinski definition) is 1. The first-order valence-electron chi connectivity index (χ1n) is 8.92. The summed E-state index contributed by atoms with van der Waals surface area (Å²) in [4.78, 5) is 14.8. The lowest BCUT2D eigenvalue weighted by Gasteiger charge is -2.43. The Morgan fingerprint density at radius 3 is 2.54 bits per heavy atom. The summed E-state index contributed by atoms with van der Waals surface area (Å²) in [6, 6.07) is 5.44. The van der Waals surface area contributed by atoms with Crippen LogP contribution in [0.3, 0.4) is 0 Å². The molecule has 0 unspecified atom stereocenters. The first kappa shape index (κ1) is 17.2. The molecule has 0 saturated heterocycles. The molecule has 1 fully saturated rings. The highest BCUT2D eigenvalue weighted by Crippen LogP contribution is 2.32. The van der Waals surface area contributed by atoms with Gasteiger partial charge in [0.05, 0.1) is 6.54 Å². The number of nitrogens with zero attached hydrogens (tertiary/aromatic N) is 1. The number of nitrogens with one attached hydrogen (secondary N) is 1. The van der Waals surface area contributed by atoms with Crippen LogP contribution in [0, 0.1) is 0 Å². The monoisotopic (exact) mass is 332 g/mol. The van der Waals surface area contributed by atoms with E-state index >= 15 is 0 Å². The number of likely N-dealkylation sites (N-methyl/N-ethyl adjacent to an activating group) is 1. The highest BCUT2D eigenvalue weighted by molar-refractivity contribution is 5.98. The molecule has 24 heavy (non-hydrogen) atoms. The van der Waals surface area contributed by atoms with Gasteiger partial charge >= 0.3 is 0 Å². The van der Waals surface area contributed by atoms with Gasteiger partial charge in [0.2, 0.25) is 0 Å². The van der Waals surface area contributed by atoms with Crippen LogP contribution in [0.25, 0.3) is 0 Å². The standard InChI is InChI=1S/C19H28N2O3/c1-21(2)19(8-4-3-5-9-19)14-20-13-16(22)15-6-7-17-18(12-15)24-11-10-23-17/h6-7,12,20H,3-5,8-11,13-14H2,1-2H3. The molecule has 5 nitrogen and oxygen atoms in total. The van der Waals surface area contributed by atoms with E-state index in [9.17, 15) is 4.79 Å². The van der Waals surface area contributed by atoms with Crippen molar-refractivity contribution in [3.05, 3.63) is 23.8 Å². The fourth-order valence-electron chi connectivity index (χ4n) is 3.72. The second-order valence-corrected chi connectivity index (χ2v) is 7.06. The second-order valence-electron chi connectivity index (χ2n) is 7.06. The minimum Gasteiger partial charge on any atom is -0.486 e. The first-order valence-corrected chi connectivity index (χ1v) is 8.92. The van der Waals surface area contributed by atoms with Gasteiger partial charge in [0.1, 0.15) is 13.2 Å². The van der Waals surface area contributed by atoms with Crippen molar-refractivity contribution in [2.75, 3.05) is 40.4 Å². The number of ketones is 1. The van der Waals surface area contributed by atoms with Crippen molar-refractivity contribution in [2.45, 2.75) is 37.6 Å². The second kappa shape index (κ2) is 7.53. The Morgan fingerprint density at radius 1 is 1.12 bits per heavy atom. The number of hydrogen-bond acceptors (Lipinski definition) is 5. The average Bonchev–Trinajstić information content (AvgIpc) is 2.62. The smallest absolute Gasteiger partial charge is 0.176 e. The van der Waals surface area contributed by atoms with Gasteiger partial charge in [-0.15, -0.1) is 0 Å². The van der Waals surface area contributed by atoms with Crippen molar-refractivity contribution in [1.82, 2.24) is 10.2 Å².